The second kappa shape index (κ2) is 3.66. The highest BCUT2D eigenvalue weighted by atomic mass is 16.5. The van der Waals surface area contributed by atoms with Gasteiger partial charge in [0.2, 0.25) is 0 Å². The van der Waals surface area contributed by atoms with Gasteiger partial charge in [0.25, 0.3) is 0 Å². The topological polar surface area (TPSA) is 78.8 Å². The van der Waals surface area contributed by atoms with Gasteiger partial charge in [0.15, 0.2) is 6.10 Å². The molecule has 5 nitrogen and oxygen atoms in total. The van der Waals surface area contributed by atoms with Gasteiger partial charge in [-0.1, -0.05) is 0 Å². The van der Waals surface area contributed by atoms with Crippen LogP contribution in [0.5, 0.6) is 0 Å². The molecule has 3 N–H and O–H groups in total. The number of hydrogen-bond acceptors (Lipinski definition) is 4. The van der Waals surface area contributed by atoms with Gasteiger partial charge in [-0.2, -0.15) is 0 Å². The highest BCUT2D eigenvalue weighted by molar-refractivity contribution is 5.72. The molecular weight excluding hydrogens is 150 g/mol. The monoisotopic (exact) mass is 161 g/mol. The fourth-order valence-corrected chi connectivity index (χ4v) is 1.14. The molecule has 0 aromatic heterocycles. The summed E-state index contributed by atoms with van der Waals surface area (Å²) in [6.45, 7) is 0.295. The standard InChI is InChI=1S/C6H11NO4/c8-6(9)5-2-1-4(11-5)3-7-10/h4-5,7,10H,1-3H2,(H,8,9). The van der Waals surface area contributed by atoms with Gasteiger partial charge in [0, 0.05) is 6.54 Å². The molecule has 64 valence electrons. The number of rotatable bonds is 3. The van der Waals surface area contributed by atoms with E-state index < -0.39 is 12.1 Å². The maximum absolute atomic E-state index is 10.3. The summed E-state index contributed by atoms with van der Waals surface area (Å²) in [6, 6.07) is 0. The lowest BCUT2D eigenvalue weighted by Crippen LogP contribution is -2.26. The third kappa shape index (κ3) is 2.14. The number of ether oxygens (including phenoxy) is 1. The van der Waals surface area contributed by atoms with E-state index in [0.717, 1.165) is 0 Å². The van der Waals surface area contributed by atoms with E-state index in [1.54, 1.807) is 0 Å². The third-order valence-corrected chi connectivity index (χ3v) is 1.70. The molecule has 1 rings (SSSR count). The average molecular weight is 161 g/mol. The number of carboxylic acid groups (broad SMARTS) is 1. The second-order valence-corrected chi connectivity index (χ2v) is 2.52. The van der Waals surface area contributed by atoms with Crippen LogP contribution in [0.2, 0.25) is 0 Å². The van der Waals surface area contributed by atoms with E-state index >= 15 is 0 Å². The lowest BCUT2D eigenvalue weighted by molar-refractivity contribution is -0.149. The Hall–Kier alpha value is -0.650. The number of carbonyl (C=O) groups is 1. The number of carboxylic acids is 1. The SMILES string of the molecule is O=C(O)C1CCC(CNO)O1. The molecule has 5 heteroatoms. The maximum atomic E-state index is 10.3. The summed E-state index contributed by atoms with van der Waals surface area (Å²) in [5.41, 5.74) is 1.95. The van der Waals surface area contributed by atoms with Crippen molar-refractivity contribution in [2.45, 2.75) is 25.0 Å². The van der Waals surface area contributed by atoms with E-state index in [9.17, 15) is 4.79 Å². The van der Waals surface area contributed by atoms with Crippen LogP contribution in [0, 0.1) is 0 Å². The van der Waals surface area contributed by atoms with Crippen molar-refractivity contribution in [3.05, 3.63) is 0 Å². The first kappa shape index (κ1) is 8.45. The molecule has 0 radical (unpaired) electrons. The van der Waals surface area contributed by atoms with Crippen LogP contribution in [0.15, 0.2) is 0 Å². The first-order valence-corrected chi connectivity index (χ1v) is 3.49. The zero-order valence-corrected chi connectivity index (χ0v) is 5.99. The quantitative estimate of drug-likeness (QED) is 0.491. The summed E-state index contributed by atoms with van der Waals surface area (Å²) in [7, 11) is 0. The molecule has 0 aromatic carbocycles. The molecule has 1 fully saturated rings. The predicted molar refractivity (Wildman–Crippen MR) is 35.3 cm³/mol. The Labute approximate surface area is 63.9 Å². The summed E-state index contributed by atoms with van der Waals surface area (Å²) in [6.07, 6.45) is 0.362. The van der Waals surface area contributed by atoms with Crippen molar-refractivity contribution < 1.29 is 19.8 Å². The summed E-state index contributed by atoms with van der Waals surface area (Å²) < 4.78 is 5.04. The Morgan fingerprint density at radius 2 is 2.36 bits per heavy atom. The molecule has 0 bridgehead atoms. The van der Waals surface area contributed by atoms with Crippen LogP contribution in [-0.2, 0) is 9.53 Å². The Morgan fingerprint density at radius 1 is 1.64 bits per heavy atom. The molecule has 0 spiro atoms. The van der Waals surface area contributed by atoms with Crippen molar-refractivity contribution in [3.8, 4) is 0 Å². The van der Waals surface area contributed by atoms with Crippen LogP contribution in [0.25, 0.3) is 0 Å². The van der Waals surface area contributed by atoms with Crippen LogP contribution in [0.4, 0.5) is 0 Å². The highest BCUT2D eigenvalue weighted by Crippen LogP contribution is 2.18. The molecule has 11 heavy (non-hydrogen) atoms. The van der Waals surface area contributed by atoms with Crippen LogP contribution in [0.1, 0.15) is 12.8 Å². The van der Waals surface area contributed by atoms with Crippen molar-refractivity contribution in [1.82, 2.24) is 5.48 Å². The Morgan fingerprint density at radius 3 is 2.82 bits per heavy atom. The molecule has 0 aliphatic carbocycles. The van der Waals surface area contributed by atoms with E-state index in [4.69, 9.17) is 15.1 Å². The van der Waals surface area contributed by atoms with Gasteiger partial charge in [-0.25, -0.2) is 10.3 Å². The molecule has 2 atom stereocenters. The van der Waals surface area contributed by atoms with Gasteiger partial charge in [0.05, 0.1) is 6.10 Å². The van der Waals surface area contributed by atoms with Crippen LogP contribution in [-0.4, -0.2) is 35.0 Å². The van der Waals surface area contributed by atoms with Crippen LogP contribution in [0.3, 0.4) is 0 Å². The van der Waals surface area contributed by atoms with Crippen molar-refractivity contribution in [2.24, 2.45) is 0 Å². The predicted octanol–water partition coefficient (Wildman–Crippen LogP) is -0.403. The highest BCUT2D eigenvalue weighted by Gasteiger charge is 2.29. The minimum Gasteiger partial charge on any atom is -0.479 e. The molecule has 1 heterocycles. The van der Waals surface area contributed by atoms with Crippen molar-refractivity contribution >= 4 is 5.97 Å². The minimum atomic E-state index is -0.926. The van der Waals surface area contributed by atoms with Gasteiger partial charge in [-0.15, -0.1) is 0 Å². The van der Waals surface area contributed by atoms with Gasteiger partial charge in [-0.05, 0) is 12.8 Å². The molecule has 0 aromatic rings. The van der Waals surface area contributed by atoms with Gasteiger partial charge in [-0.3, -0.25) is 0 Å². The third-order valence-electron chi connectivity index (χ3n) is 1.70. The number of hydroxylamine groups is 1. The number of nitrogens with one attached hydrogen (secondary N) is 1. The van der Waals surface area contributed by atoms with Crippen LogP contribution >= 0.6 is 0 Å². The summed E-state index contributed by atoms with van der Waals surface area (Å²) in [4.78, 5) is 10.3. The zero-order valence-electron chi connectivity index (χ0n) is 5.99. The molecule has 0 saturated carbocycles. The Bertz CT molecular complexity index is 150. The smallest absolute Gasteiger partial charge is 0.332 e. The van der Waals surface area contributed by atoms with Crippen molar-refractivity contribution in [3.63, 3.8) is 0 Å². The van der Waals surface area contributed by atoms with Gasteiger partial charge in [0.1, 0.15) is 0 Å². The normalized spacial score (nSPS) is 30.6. The number of aliphatic carboxylic acids is 1. The van der Waals surface area contributed by atoms with E-state index in [1.807, 2.05) is 5.48 Å². The molecular formula is C6H11NO4. The first-order valence-electron chi connectivity index (χ1n) is 3.49. The van der Waals surface area contributed by atoms with Crippen LogP contribution < -0.4 is 5.48 Å². The average Bonchev–Trinajstić information content (AvgIpc) is 2.37. The zero-order chi connectivity index (χ0) is 8.27. The maximum Gasteiger partial charge on any atom is 0.332 e. The molecule has 0 amide bonds. The summed E-state index contributed by atoms with van der Waals surface area (Å²) >= 11 is 0. The first-order chi connectivity index (χ1) is 5.24. The van der Waals surface area contributed by atoms with Gasteiger partial charge >= 0.3 is 5.97 Å². The second-order valence-electron chi connectivity index (χ2n) is 2.52. The molecule has 1 saturated heterocycles. The van der Waals surface area contributed by atoms with E-state index in [0.29, 0.717) is 19.4 Å². The lowest BCUT2D eigenvalue weighted by Gasteiger charge is -2.08. The summed E-state index contributed by atoms with van der Waals surface area (Å²) in [5, 5.41) is 16.8. The molecule has 1 aliphatic rings. The Kier molecular flexibility index (Phi) is 2.81. The van der Waals surface area contributed by atoms with E-state index in [2.05, 4.69) is 0 Å². The van der Waals surface area contributed by atoms with Crippen molar-refractivity contribution in [1.29, 1.82) is 0 Å². The molecule has 1 aliphatic heterocycles. The van der Waals surface area contributed by atoms with E-state index in [1.165, 1.54) is 0 Å². The summed E-state index contributed by atoms with van der Waals surface area (Å²) in [5.74, 6) is -0.926. The van der Waals surface area contributed by atoms with Crippen molar-refractivity contribution in [2.75, 3.05) is 6.54 Å². The lowest BCUT2D eigenvalue weighted by atomic mass is 10.2. The number of hydrogen-bond donors (Lipinski definition) is 3. The minimum absolute atomic E-state index is 0.166. The Balaban J connectivity index is 2.29. The van der Waals surface area contributed by atoms with E-state index in [-0.39, 0.29) is 6.10 Å². The largest absolute Gasteiger partial charge is 0.479 e. The fraction of sp³-hybridized carbons (Fsp3) is 0.833. The van der Waals surface area contributed by atoms with Gasteiger partial charge < -0.3 is 15.1 Å². The fourth-order valence-electron chi connectivity index (χ4n) is 1.14. The molecule has 2 unspecified atom stereocenters.